The maximum absolute atomic E-state index is 12.7. The fourth-order valence-corrected chi connectivity index (χ4v) is 6.85. The van der Waals surface area contributed by atoms with E-state index in [0.29, 0.717) is 29.7 Å². The summed E-state index contributed by atoms with van der Waals surface area (Å²) in [4.78, 5) is 1.05. The van der Waals surface area contributed by atoms with Crippen LogP contribution in [0.4, 0.5) is 0 Å². The third-order valence-electron chi connectivity index (χ3n) is 8.48. The number of hydrogen-bond acceptors (Lipinski definition) is 4. The van der Waals surface area contributed by atoms with E-state index in [1.807, 2.05) is 0 Å². The van der Waals surface area contributed by atoms with Crippen molar-refractivity contribution in [3.63, 3.8) is 0 Å². The Morgan fingerprint density at radius 2 is 1.52 bits per heavy atom. The number of hydroxylamine groups is 1. The Labute approximate surface area is 125 Å². The summed E-state index contributed by atoms with van der Waals surface area (Å²) in [6.07, 6.45) is 3.88. The zero-order chi connectivity index (χ0) is 14.8. The van der Waals surface area contributed by atoms with Crippen LogP contribution in [-0.4, -0.2) is 28.0 Å². The minimum absolute atomic E-state index is 0.123. The predicted octanol–water partition coefficient (Wildman–Crippen LogP) is 3.39. The molecule has 0 aromatic rings. The fourth-order valence-electron chi connectivity index (χ4n) is 6.85. The molecule has 3 fully saturated rings. The van der Waals surface area contributed by atoms with Gasteiger partial charge in [-0.1, -0.05) is 25.1 Å². The number of rotatable bonds is 0. The van der Waals surface area contributed by atoms with Crippen molar-refractivity contribution in [1.82, 2.24) is 0 Å². The average molecular weight is 288 g/mol. The van der Waals surface area contributed by atoms with Gasteiger partial charge in [0.15, 0.2) is 0 Å². The molecule has 0 N–H and O–H groups in total. The minimum Gasteiger partial charge on any atom is -0.599 e. The van der Waals surface area contributed by atoms with Gasteiger partial charge in [0.25, 0.3) is 0 Å². The van der Waals surface area contributed by atoms with E-state index in [1.165, 1.54) is 19.3 Å². The van der Waals surface area contributed by atoms with Crippen molar-refractivity contribution >= 4 is 0 Å². The van der Waals surface area contributed by atoms with Crippen LogP contribution in [0.15, 0.2) is 15.3 Å². The van der Waals surface area contributed by atoms with Gasteiger partial charge in [-0.25, -0.2) is 0 Å². The van der Waals surface area contributed by atoms with Gasteiger partial charge in [-0.05, 0) is 36.7 Å². The minimum atomic E-state index is -0.428. The largest absolute Gasteiger partial charge is 0.599 e. The van der Waals surface area contributed by atoms with Crippen LogP contribution in [0.25, 0.3) is 0 Å². The first-order valence-corrected chi connectivity index (χ1v) is 8.44. The van der Waals surface area contributed by atoms with Crippen molar-refractivity contribution in [1.29, 1.82) is 0 Å². The quantitative estimate of drug-likeness (QED) is 0.498. The Hall–Kier alpha value is -1.00. The normalized spacial score (nSPS) is 61.8. The van der Waals surface area contributed by atoms with Crippen molar-refractivity contribution in [2.75, 3.05) is 0 Å². The molecule has 6 aliphatic rings. The molecule has 3 aliphatic carbocycles. The predicted molar refractivity (Wildman–Crippen MR) is 76.9 cm³/mol. The topological polar surface area (TPSA) is 63.1 Å². The van der Waals surface area contributed by atoms with Crippen LogP contribution in [0.3, 0.4) is 0 Å². The molecule has 6 rings (SSSR count). The summed E-state index contributed by atoms with van der Waals surface area (Å²) >= 11 is 0. The first-order valence-electron chi connectivity index (χ1n) is 8.44. The summed E-state index contributed by atoms with van der Waals surface area (Å²) < 4.78 is 0. The van der Waals surface area contributed by atoms with Crippen molar-refractivity contribution in [3.8, 4) is 0 Å². The molecule has 3 aliphatic heterocycles. The summed E-state index contributed by atoms with van der Waals surface area (Å²) in [6.45, 7) is 8.82. The van der Waals surface area contributed by atoms with E-state index in [2.05, 4.69) is 32.8 Å². The lowest BCUT2D eigenvalue weighted by Crippen LogP contribution is -2.61. The molecular formula is C16H24N4O. The highest BCUT2D eigenvalue weighted by molar-refractivity contribution is 5.30. The summed E-state index contributed by atoms with van der Waals surface area (Å²) in [5, 5.41) is 26.7. The Balaban J connectivity index is 1.75. The van der Waals surface area contributed by atoms with E-state index >= 15 is 0 Å². The van der Waals surface area contributed by atoms with Crippen LogP contribution in [0, 0.1) is 34.3 Å². The van der Waals surface area contributed by atoms with Gasteiger partial charge in [0.2, 0.25) is 5.54 Å². The van der Waals surface area contributed by atoms with Gasteiger partial charge >= 0.3 is 0 Å². The van der Waals surface area contributed by atoms with Crippen molar-refractivity contribution in [3.05, 3.63) is 5.21 Å². The smallest absolute Gasteiger partial charge is 0.209 e. The Morgan fingerprint density at radius 3 is 2.14 bits per heavy atom. The molecule has 8 atom stereocenters. The van der Waals surface area contributed by atoms with Crippen molar-refractivity contribution < 1.29 is 4.86 Å². The maximum Gasteiger partial charge on any atom is 0.209 e. The molecule has 4 unspecified atom stereocenters. The summed E-state index contributed by atoms with van der Waals surface area (Å²) in [7, 11) is 0. The van der Waals surface area contributed by atoms with E-state index in [0.717, 1.165) is 4.86 Å². The molecule has 3 saturated carbocycles. The zero-order valence-corrected chi connectivity index (χ0v) is 13.3. The second-order valence-corrected chi connectivity index (χ2v) is 8.82. The SMILES string of the molecule is CC12N=[N+]([O-])[C@@](C)([C@@H]3C1C1N=N[C@H]3C3CCC[C@@H]13)C2(C)C. The molecule has 0 radical (unpaired) electrons. The highest BCUT2D eigenvalue weighted by Crippen LogP contribution is 2.72. The van der Waals surface area contributed by atoms with Gasteiger partial charge in [-0.15, -0.1) is 0 Å². The van der Waals surface area contributed by atoms with E-state index in [9.17, 15) is 5.21 Å². The lowest BCUT2D eigenvalue weighted by molar-refractivity contribution is -0.621. The maximum atomic E-state index is 12.7. The second-order valence-electron chi connectivity index (χ2n) is 8.82. The van der Waals surface area contributed by atoms with E-state index in [1.54, 1.807) is 0 Å². The highest BCUT2D eigenvalue weighted by atomic mass is 16.5. The van der Waals surface area contributed by atoms with Gasteiger partial charge in [-0.2, -0.15) is 10.2 Å². The van der Waals surface area contributed by atoms with Crippen molar-refractivity contribution in [2.24, 2.45) is 44.4 Å². The van der Waals surface area contributed by atoms with E-state index in [4.69, 9.17) is 10.2 Å². The second kappa shape index (κ2) is 3.18. The zero-order valence-electron chi connectivity index (χ0n) is 13.3. The van der Waals surface area contributed by atoms with Crippen LogP contribution in [0.2, 0.25) is 0 Å². The molecule has 3 heterocycles. The Kier molecular flexibility index (Phi) is 1.90. The molecule has 0 aromatic carbocycles. The van der Waals surface area contributed by atoms with Gasteiger partial charge in [0, 0.05) is 12.8 Å². The average Bonchev–Trinajstić information content (AvgIpc) is 3.02. The molecule has 0 aromatic heterocycles. The van der Waals surface area contributed by atoms with Crippen LogP contribution < -0.4 is 0 Å². The summed E-state index contributed by atoms with van der Waals surface area (Å²) in [5.74, 6) is 2.09. The third kappa shape index (κ3) is 0.976. The molecule has 5 nitrogen and oxygen atoms in total. The number of nitrogens with zero attached hydrogens (tertiary/aromatic N) is 4. The summed E-state index contributed by atoms with van der Waals surface area (Å²) in [5.41, 5.74) is -0.839. The van der Waals surface area contributed by atoms with E-state index < -0.39 is 5.54 Å². The van der Waals surface area contributed by atoms with Crippen LogP contribution >= 0.6 is 0 Å². The lowest BCUT2D eigenvalue weighted by atomic mass is 9.59. The summed E-state index contributed by atoms with van der Waals surface area (Å²) in [6, 6.07) is 0.557. The molecule has 21 heavy (non-hydrogen) atoms. The van der Waals surface area contributed by atoms with Gasteiger partial charge in [-0.3, -0.25) is 0 Å². The fraction of sp³-hybridized carbons (Fsp3) is 1.00. The highest BCUT2D eigenvalue weighted by Gasteiger charge is 2.85. The molecular weight excluding hydrogens is 264 g/mol. The van der Waals surface area contributed by atoms with Gasteiger partial charge < -0.3 is 5.21 Å². The first-order chi connectivity index (χ1) is 9.84. The van der Waals surface area contributed by atoms with Gasteiger partial charge in [0.05, 0.1) is 23.4 Å². The number of azo groups is 2. The molecule has 0 amide bonds. The molecule has 4 bridgehead atoms. The van der Waals surface area contributed by atoms with Crippen molar-refractivity contribution in [2.45, 2.75) is 70.1 Å². The van der Waals surface area contributed by atoms with Crippen LogP contribution in [0.1, 0.15) is 47.0 Å². The third-order valence-corrected chi connectivity index (χ3v) is 8.48. The van der Waals surface area contributed by atoms with Crippen LogP contribution in [-0.2, 0) is 0 Å². The molecule has 0 saturated heterocycles. The molecule has 0 spiro atoms. The Bertz CT molecular complexity index is 599. The molecule has 5 heteroatoms. The van der Waals surface area contributed by atoms with Crippen LogP contribution in [0.5, 0.6) is 0 Å². The van der Waals surface area contributed by atoms with Gasteiger partial charge in [0.1, 0.15) is 5.54 Å². The monoisotopic (exact) mass is 288 g/mol. The number of fused-ring (bicyclic) bond motifs is 2. The standard InChI is InChI=1S/C16H24N4O/c1-14(2)15(3)10-11(16(14,4)20(21)19-15)13-9-7-5-6-8(9)12(10)17-18-13/h8-13H,5-7H2,1-4H3/t8-,9?,10?,11-,12?,13+,15?,16+/m1/s1. The Morgan fingerprint density at radius 1 is 0.952 bits per heavy atom. The first kappa shape index (κ1) is 12.5. The number of hydrogen-bond donors (Lipinski definition) is 0. The molecule has 114 valence electrons. The lowest BCUT2D eigenvalue weighted by Gasteiger charge is -2.51. The van der Waals surface area contributed by atoms with E-state index in [-0.39, 0.29) is 17.0 Å².